The fraction of sp³-hybridized carbons (Fsp3) is 0.273. The van der Waals surface area contributed by atoms with Gasteiger partial charge in [-0.1, -0.05) is 6.92 Å². The Morgan fingerprint density at radius 2 is 2.32 bits per heavy atom. The van der Waals surface area contributed by atoms with E-state index in [0.717, 1.165) is 10.9 Å². The lowest BCUT2D eigenvalue weighted by Gasteiger charge is -2.06. The van der Waals surface area contributed by atoms with Crippen LogP contribution >= 0.6 is 15.9 Å². The maximum Gasteiger partial charge on any atom is 0.276 e. The van der Waals surface area contributed by atoms with Gasteiger partial charge in [-0.05, 0) is 22.4 Å². The number of anilines is 1. The second-order valence-corrected chi connectivity index (χ2v) is 4.77. The summed E-state index contributed by atoms with van der Waals surface area (Å²) in [6.07, 6.45) is 4.20. The molecule has 0 aliphatic carbocycles. The number of nitro groups is 1. The molecule has 1 N–H and O–H groups in total. The van der Waals surface area contributed by atoms with Crippen molar-refractivity contribution in [3.63, 3.8) is 0 Å². The Bertz CT molecular complexity index is 599. The Labute approximate surface area is 117 Å². The maximum atomic E-state index is 10.9. The van der Waals surface area contributed by atoms with E-state index in [1.807, 2.05) is 6.92 Å². The fourth-order valence-electron chi connectivity index (χ4n) is 1.49. The first-order chi connectivity index (χ1) is 9.10. The van der Waals surface area contributed by atoms with Gasteiger partial charge in [0, 0.05) is 12.7 Å². The number of hydrogen-bond acceptors (Lipinski definition) is 5. The Kier molecular flexibility index (Phi) is 4.10. The first kappa shape index (κ1) is 13.5. The molecule has 0 saturated heterocycles. The molecule has 2 aromatic rings. The van der Waals surface area contributed by atoms with Gasteiger partial charge in [0.25, 0.3) is 5.69 Å². The van der Waals surface area contributed by atoms with Crippen molar-refractivity contribution in [3.8, 4) is 5.82 Å². The molecule has 19 heavy (non-hydrogen) atoms. The molecule has 0 saturated carbocycles. The zero-order valence-corrected chi connectivity index (χ0v) is 11.8. The standard InChI is InChI=1S/C11H12BrN5O2/c1-2-3-13-10-4-9(17(18)19)5-11(15-10)16-7-8(12)6-14-16/h4-7H,2-3H2,1H3,(H,13,15). The predicted molar refractivity (Wildman–Crippen MR) is 74.5 cm³/mol. The molecule has 0 fully saturated rings. The molecule has 2 rings (SSSR count). The average molecular weight is 326 g/mol. The number of pyridine rings is 1. The highest BCUT2D eigenvalue weighted by atomic mass is 79.9. The summed E-state index contributed by atoms with van der Waals surface area (Å²) in [5.74, 6) is 0.871. The van der Waals surface area contributed by atoms with Crippen molar-refractivity contribution in [1.29, 1.82) is 0 Å². The average Bonchev–Trinajstić information content (AvgIpc) is 2.82. The smallest absolute Gasteiger partial charge is 0.276 e. The van der Waals surface area contributed by atoms with Gasteiger partial charge in [0.1, 0.15) is 5.82 Å². The monoisotopic (exact) mass is 325 g/mol. The number of hydrogen-bond donors (Lipinski definition) is 1. The molecule has 0 radical (unpaired) electrons. The van der Waals surface area contributed by atoms with Gasteiger partial charge in [0.15, 0.2) is 5.82 Å². The largest absolute Gasteiger partial charge is 0.370 e. The number of nitrogens with one attached hydrogen (secondary N) is 1. The molecule has 7 nitrogen and oxygen atoms in total. The lowest BCUT2D eigenvalue weighted by molar-refractivity contribution is -0.384. The first-order valence-electron chi connectivity index (χ1n) is 5.71. The van der Waals surface area contributed by atoms with Crippen molar-refractivity contribution in [1.82, 2.24) is 14.8 Å². The highest BCUT2D eigenvalue weighted by Crippen LogP contribution is 2.20. The van der Waals surface area contributed by atoms with Crippen molar-refractivity contribution in [2.75, 3.05) is 11.9 Å². The quantitative estimate of drug-likeness (QED) is 0.674. The Morgan fingerprint density at radius 3 is 2.89 bits per heavy atom. The highest BCUT2D eigenvalue weighted by Gasteiger charge is 2.12. The molecule has 2 aromatic heterocycles. The third-order valence-corrected chi connectivity index (χ3v) is 2.76. The van der Waals surface area contributed by atoms with Gasteiger partial charge in [0.2, 0.25) is 0 Å². The summed E-state index contributed by atoms with van der Waals surface area (Å²) < 4.78 is 2.26. The van der Waals surface area contributed by atoms with E-state index < -0.39 is 4.92 Å². The van der Waals surface area contributed by atoms with Gasteiger partial charge in [-0.25, -0.2) is 9.67 Å². The van der Waals surface area contributed by atoms with E-state index in [2.05, 4.69) is 31.3 Å². The van der Waals surface area contributed by atoms with Gasteiger partial charge < -0.3 is 5.32 Å². The minimum absolute atomic E-state index is 0.0183. The number of rotatable bonds is 5. The molecule has 0 amide bonds. The molecule has 0 aliphatic rings. The van der Waals surface area contributed by atoms with Crippen LogP contribution in [0.3, 0.4) is 0 Å². The second-order valence-electron chi connectivity index (χ2n) is 3.86. The summed E-state index contributed by atoms with van der Waals surface area (Å²) >= 11 is 3.28. The number of aromatic nitrogens is 3. The van der Waals surface area contributed by atoms with Crippen molar-refractivity contribution >= 4 is 27.4 Å². The van der Waals surface area contributed by atoms with Crippen molar-refractivity contribution < 1.29 is 4.92 Å². The molecule has 100 valence electrons. The number of nitrogens with zero attached hydrogens (tertiary/aromatic N) is 4. The Balaban J connectivity index is 2.41. The molecule has 0 spiro atoms. The molecule has 2 heterocycles. The van der Waals surface area contributed by atoms with Crippen LogP contribution < -0.4 is 5.32 Å². The second kappa shape index (κ2) is 5.79. The van der Waals surface area contributed by atoms with Gasteiger partial charge in [0.05, 0.1) is 27.7 Å². The molecule has 0 bridgehead atoms. The van der Waals surface area contributed by atoms with Crippen LogP contribution in [0.4, 0.5) is 11.5 Å². The molecule has 0 aliphatic heterocycles. The van der Waals surface area contributed by atoms with E-state index in [1.54, 1.807) is 12.4 Å². The van der Waals surface area contributed by atoms with Crippen molar-refractivity contribution in [3.05, 3.63) is 39.1 Å². The molecule has 0 aromatic carbocycles. The van der Waals surface area contributed by atoms with E-state index in [4.69, 9.17) is 0 Å². The topological polar surface area (TPSA) is 85.9 Å². The SMILES string of the molecule is CCCNc1cc([N+](=O)[O-])cc(-n2cc(Br)cn2)n1. The summed E-state index contributed by atoms with van der Waals surface area (Å²) in [4.78, 5) is 14.8. The zero-order valence-electron chi connectivity index (χ0n) is 10.2. The van der Waals surface area contributed by atoms with E-state index in [0.29, 0.717) is 18.2 Å². The minimum atomic E-state index is -0.444. The van der Waals surface area contributed by atoms with E-state index in [9.17, 15) is 10.1 Å². The summed E-state index contributed by atoms with van der Waals surface area (Å²) in [6, 6.07) is 2.80. The molecule has 8 heteroatoms. The third-order valence-electron chi connectivity index (χ3n) is 2.35. The summed E-state index contributed by atoms with van der Waals surface area (Å²) in [6.45, 7) is 2.71. The third kappa shape index (κ3) is 3.28. The van der Waals surface area contributed by atoms with Crippen LogP contribution in [0.5, 0.6) is 0 Å². The van der Waals surface area contributed by atoms with Crippen LogP contribution in [0, 0.1) is 10.1 Å². The minimum Gasteiger partial charge on any atom is -0.370 e. The van der Waals surface area contributed by atoms with Gasteiger partial charge in [-0.3, -0.25) is 10.1 Å². The summed E-state index contributed by atoms with van der Waals surface area (Å²) in [5.41, 5.74) is -0.0183. The summed E-state index contributed by atoms with van der Waals surface area (Å²) in [7, 11) is 0. The lowest BCUT2D eigenvalue weighted by Crippen LogP contribution is -2.06. The van der Waals surface area contributed by atoms with Gasteiger partial charge in [-0.15, -0.1) is 0 Å². The van der Waals surface area contributed by atoms with Gasteiger partial charge >= 0.3 is 0 Å². The molecular formula is C11H12BrN5O2. The Morgan fingerprint density at radius 1 is 1.53 bits per heavy atom. The molecule has 0 atom stereocenters. The first-order valence-corrected chi connectivity index (χ1v) is 6.50. The number of halogens is 1. The van der Waals surface area contributed by atoms with E-state index >= 15 is 0 Å². The summed E-state index contributed by atoms with van der Waals surface area (Å²) in [5, 5.41) is 18.0. The van der Waals surface area contributed by atoms with Crippen LogP contribution in [-0.4, -0.2) is 26.2 Å². The fourth-order valence-corrected chi connectivity index (χ4v) is 1.78. The van der Waals surface area contributed by atoms with Crippen LogP contribution in [-0.2, 0) is 0 Å². The Hall–Kier alpha value is -1.96. The zero-order chi connectivity index (χ0) is 13.8. The van der Waals surface area contributed by atoms with Gasteiger partial charge in [-0.2, -0.15) is 5.10 Å². The van der Waals surface area contributed by atoms with Crippen molar-refractivity contribution in [2.45, 2.75) is 13.3 Å². The normalized spacial score (nSPS) is 10.4. The van der Waals surface area contributed by atoms with Crippen LogP contribution in [0.25, 0.3) is 5.82 Å². The predicted octanol–water partition coefficient (Wildman–Crippen LogP) is 2.76. The van der Waals surface area contributed by atoms with Crippen LogP contribution in [0.1, 0.15) is 13.3 Å². The van der Waals surface area contributed by atoms with Crippen LogP contribution in [0.15, 0.2) is 29.0 Å². The van der Waals surface area contributed by atoms with Crippen LogP contribution in [0.2, 0.25) is 0 Å². The maximum absolute atomic E-state index is 10.9. The lowest BCUT2D eigenvalue weighted by atomic mass is 10.3. The highest BCUT2D eigenvalue weighted by molar-refractivity contribution is 9.10. The molecular weight excluding hydrogens is 314 g/mol. The molecule has 0 unspecified atom stereocenters. The van der Waals surface area contributed by atoms with Crippen molar-refractivity contribution in [2.24, 2.45) is 0 Å². The van der Waals surface area contributed by atoms with E-state index in [-0.39, 0.29) is 5.69 Å². The van der Waals surface area contributed by atoms with E-state index in [1.165, 1.54) is 16.8 Å².